The van der Waals surface area contributed by atoms with Gasteiger partial charge in [0.2, 0.25) is 6.19 Å². The zero-order valence-electron chi connectivity index (χ0n) is 7.01. The Morgan fingerprint density at radius 2 is 2.18 bits per heavy atom. The van der Waals surface area contributed by atoms with Crippen LogP contribution in [0.5, 0.6) is 0 Å². The van der Waals surface area contributed by atoms with Crippen LogP contribution in [0, 0.1) is 17.4 Å². The molecule has 0 aromatic carbocycles. The Morgan fingerprint density at radius 3 is 2.64 bits per heavy atom. The van der Waals surface area contributed by atoms with Gasteiger partial charge in [-0.15, -0.1) is 0 Å². The quantitative estimate of drug-likeness (QED) is 0.440. The molecule has 1 saturated carbocycles. The largest absolute Gasteiger partial charge is 0.205 e. The molecule has 0 saturated heterocycles. The number of aliphatic imine (C=N–C) groups is 1. The first kappa shape index (κ1) is 8.26. The van der Waals surface area contributed by atoms with Gasteiger partial charge in [-0.1, -0.05) is 19.8 Å². The third-order valence-corrected chi connectivity index (χ3v) is 2.38. The van der Waals surface area contributed by atoms with E-state index in [-0.39, 0.29) is 0 Å². The van der Waals surface area contributed by atoms with Gasteiger partial charge in [0.05, 0.1) is 0 Å². The second kappa shape index (κ2) is 4.12. The topological polar surface area (TPSA) is 36.1 Å². The molecule has 0 aliphatic heterocycles. The molecule has 0 aromatic heterocycles. The molecule has 1 aliphatic rings. The summed E-state index contributed by atoms with van der Waals surface area (Å²) in [7, 11) is 0. The zero-order chi connectivity index (χ0) is 8.10. The van der Waals surface area contributed by atoms with Gasteiger partial charge in [-0.25, -0.2) is 0 Å². The lowest BCUT2D eigenvalue weighted by Gasteiger charge is -2.07. The van der Waals surface area contributed by atoms with Crippen molar-refractivity contribution in [2.45, 2.75) is 39.0 Å². The summed E-state index contributed by atoms with van der Waals surface area (Å²) in [6, 6.07) is 0. The van der Waals surface area contributed by atoms with Crippen molar-refractivity contribution in [2.75, 3.05) is 0 Å². The van der Waals surface area contributed by atoms with Crippen LogP contribution in [0.1, 0.15) is 39.0 Å². The van der Waals surface area contributed by atoms with E-state index in [1.54, 1.807) is 0 Å². The zero-order valence-corrected chi connectivity index (χ0v) is 7.01. The molecule has 1 aliphatic carbocycles. The van der Waals surface area contributed by atoms with Crippen molar-refractivity contribution in [3.63, 3.8) is 0 Å². The maximum absolute atomic E-state index is 8.39. The predicted molar refractivity (Wildman–Crippen MR) is 45.3 cm³/mol. The number of rotatable bonds is 2. The van der Waals surface area contributed by atoms with Gasteiger partial charge < -0.3 is 0 Å². The molecule has 2 heteroatoms. The summed E-state index contributed by atoms with van der Waals surface area (Å²) >= 11 is 0. The summed E-state index contributed by atoms with van der Waals surface area (Å²) in [5, 5.41) is 8.39. The lowest BCUT2D eigenvalue weighted by atomic mass is 10.00. The van der Waals surface area contributed by atoms with Crippen molar-refractivity contribution < 1.29 is 0 Å². The van der Waals surface area contributed by atoms with Crippen molar-refractivity contribution in [3.8, 4) is 6.19 Å². The highest BCUT2D eigenvalue weighted by atomic mass is 14.7. The third kappa shape index (κ3) is 2.04. The molecule has 0 aromatic rings. The van der Waals surface area contributed by atoms with E-state index in [1.807, 2.05) is 6.19 Å². The van der Waals surface area contributed by atoms with E-state index in [1.165, 1.54) is 25.7 Å². The van der Waals surface area contributed by atoms with Crippen LogP contribution in [0.15, 0.2) is 4.99 Å². The van der Waals surface area contributed by atoms with Gasteiger partial charge in [0.25, 0.3) is 0 Å². The molecule has 60 valence electrons. The average Bonchev–Trinajstić information content (AvgIpc) is 2.52. The normalized spacial score (nSPS) is 20.2. The molecule has 0 spiro atoms. The van der Waals surface area contributed by atoms with Crippen LogP contribution in [0.25, 0.3) is 0 Å². The maximum atomic E-state index is 8.39. The van der Waals surface area contributed by atoms with Gasteiger partial charge in [0.1, 0.15) is 0 Å². The third-order valence-electron chi connectivity index (χ3n) is 2.38. The van der Waals surface area contributed by atoms with E-state index in [0.717, 1.165) is 12.1 Å². The summed E-state index contributed by atoms with van der Waals surface area (Å²) in [5.41, 5.74) is 1.12. The minimum atomic E-state index is 0.625. The molecule has 2 nitrogen and oxygen atoms in total. The van der Waals surface area contributed by atoms with Crippen LogP contribution >= 0.6 is 0 Å². The molecule has 0 heterocycles. The highest BCUT2D eigenvalue weighted by Crippen LogP contribution is 2.26. The van der Waals surface area contributed by atoms with E-state index in [9.17, 15) is 0 Å². The van der Waals surface area contributed by atoms with E-state index in [4.69, 9.17) is 5.26 Å². The molecule has 0 unspecified atom stereocenters. The predicted octanol–water partition coefficient (Wildman–Crippen LogP) is 2.51. The van der Waals surface area contributed by atoms with E-state index >= 15 is 0 Å². The molecule has 0 amide bonds. The Hall–Kier alpha value is -0.840. The van der Waals surface area contributed by atoms with Gasteiger partial charge in [0, 0.05) is 5.71 Å². The van der Waals surface area contributed by atoms with E-state index in [2.05, 4.69) is 11.9 Å². The molecule has 0 bridgehead atoms. The molecule has 1 rings (SSSR count). The average molecular weight is 150 g/mol. The van der Waals surface area contributed by atoms with Gasteiger partial charge in [-0.2, -0.15) is 10.3 Å². The standard InChI is InChI=1S/C9H14N2/c1-2-9(11-7-10)8-5-3-4-6-8/h8H,2-6H2,1H3. The fourth-order valence-electron chi connectivity index (χ4n) is 1.78. The van der Waals surface area contributed by atoms with Crippen molar-refractivity contribution in [2.24, 2.45) is 10.9 Å². The molecular formula is C9H14N2. The van der Waals surface area contributed by atoms with Crippen molar-refractivity contribution in [1.82, 2.24) is 0 Å². The van der Waals surface area contributed by atoms with Crippen molar-refractivity contribution in [3.05, 3.63) is 0 Å². The monoisotopic (exact) mass is 150 g/mol. The second-order valence-electron chi connectivity index (χ2n) is 3.04. The SMILES string of the molecule is CCC(=NC#N)C1CCCC1. The molecule has 1 fully saturated rings. The first-order chi connectivity index (χ1) is 5.38. The van der Waals surface area contributed by atoms with Gasteiger partial charge >= 0.3 is 0 Å². The first-order valence-electron chi connectivity index (χ1n) is 4.34. The lowest BCUT2D eigenvalue weighted by Crippen LogP contribution is -2.08. The molecule has 0 atom stereocenters. The van der Waals surface area contributed by atoms with Crippen LogP contribution in [0.4, 0.5) is 0 Å². The van der Waals surface area contributed by atoms with Gasteiger partial charge in [-0.05, 0) is 25.2 Å². The minimum Gasteiger partial charge on any atom is -0.182 e. The summed E-state index contributed by atoms with van der Waals surface area (Å²) in [6.07, 6.45) is 7.94. The number of nitriles is 1. The molecular weight excluding hydrogens is 136 g/mol. The summed E-state index contributed by atoms with van der Waals surface area (Å²) in [4.78, 5) is 3.85. The summed E-state index contributed by atoms with van der Waals surface area (Å²) in [6.45, 7) is 2.08. The van der Waals surface area contributed by atoms with Gasteiger partial charge in [0.15, 0.2) is 0 Å². The number of nitrogens with zero attached hydrogens (tertiary/aromatic N) is 2. The number of hydrogen-bond donors (Lipinski definition) is 0. The van der Waals surface area contributed by atoms with E-state index < -0.39 is 0 Å². The number of hydrogen-bond acceptors (Lipinski definition) is 2. The fourth-order valence-corrected chi connectivity index (χ4v) is 1.78. The molecule has 11 heavy (non-hydrogen) atoms. The Kier molecular flexibility index (Phi) is 3.10. The van der Waals surface area contributed by atoms with Crippen molar-refractivity contribution in [1.29, 1.82) is 5.26 Å². The van der Waals surface area contributed by atoms with Crippen LogP contribution in [0.2, 0.25) is 0 Å². The van der Waals surface area contributed by atoms with Crippen LogP contribution < -0.4 is 0 Å². The summed E-state index contributed by atoms with van der Waals surface area (Å²) < 4.78 is 0. The fraction of sp³-hybridized carbons (Fsp3) is 0.778. The highest BCUT2D eigenvalue weighted by molar-refractivity contribution is 5.87. The Morgan fingerprint density at radius 1 is 1.55 bits per heavy atom. The summed E-state index contributed by atoms with van der Waals surface area (Å²) in [5.74, 6) is 0.625. The maximum Gasteiger partial charge on any atom is 0.205 e. The minimum absolute atomic E-state index is 0.625. The van der Waals surface area contributed by atoms with E-state index in [0.29, 0.717) is 5.92 Å². The molecule has 0 N–H and O–H groups in total. The van der Waals surface area contributed by atoms with Crippen LogP contribution in [-0.4, -0.2) is 5.71 Å². The highest BCUT2D eigenvalue weighted by Gasteiger charge is 2.19. The Labute approximate surface area is 67.9 Å². The first-order valence-corrected chi connectivity index (χ1v) is 4.34. The van der Waals surface area contributed by atoms with Crippen LogP contribution in [-0.2, 0) is 0 Å². The van der Waals surface area contributed by atoms with Crippen molar-refractivity contribution >= 4 is 5.71 Å². The lowest BCUT2D eigenvalue weighted by molar-refractivity contribution is 0.715. The second-order valence-corrected chi connectivity index (χ2v) is 3.04. The van der Waals surface area contributed by atoms with Crippen LogP contribution in [0.3, 0.4) is 0 Å². The Bertz CT molecular complexity index is 182. The molecule has 0 radical (unpaired) electrons. The Balaban J connectivity index is 2.55. The van der Waals surface area contributed by atoms with Gasteiger partial charge in [-0.3, -0.25) is 0 Å². The smallest absolute Gasteiger partial charge is 0.182 e.